The zero-order valence-corrected chi connectivity index (χ0v) is 9.08. The van der Waals surface area contributed by atoms with Gasteiger partial charge in [0.05, 0.1) is 5.60 Å². The lowest BCUT2D eigenvalue weighted by molar-refractivity contribution is -0.0200. The Bertz CT molecular complexity index is 365. The van der Waals surface area contributed by atoms with Gasteiger partial charge in [-0.1, -0.05) is 37.1 Å². The van der Waals surface area contributed by atoms with Crippen LogP contribution in [0.25, 0.3) is 0 Å². The summed E-state index contributed by atoms with van der Waals surface area (Å²) in [5.74, 6) is 0.515. The van der Waals surface area contributed by atoms with Crippen LogP contribution in [0, 0.1) is 5.92 Å². The molecule has 1 fully saturated rings. The highest BCUT2D eigenvalue weighted by Crippen LogP contribution is 2.48. The Morgan fingerprint density at radius 1 is 1.13 bits per heavy atom. The number of fused-ring (bicyclic) bond motifs is 1. The van der Waals surface area contributed by atoms with Crippen LogP contribution in [-0.4, -0.2) is 5.11 Å². The first-order valence-corrected chi connectivity index (χ1v) is 6.11. The lowest BCUT2D eigenvalue weighted by Crippen LogP contribution is -2.30. The van der Waals surface area contributed by atoms with E-state index in [9.17, 15) is 5.11 Å². The van der Waals surface area contributed by atoms with E-state index in [4.69, 9.17) is 0 Å². The maximum Gasteiger partial charge on any atom is 0.0930 e. The zero-order valence-electron chi connectivity index (χ0n) is 9.08. The molecule has 0 aliphatic heterocycles. The Kier molecular flexibility index (Phi) is 2.10. The quantitative estimate of drug-likeness (QED) is 0.742. The summed E-state index contributed by atoms with van der Waals surface area (Å²) >= 11 is 0. The fourth-order valence-electron chi connectivity index (χ4n) is 3.45. The zero-order chi connectivity index (χ0) is 10.3. The van der Waals surface area contributed by atoms with E-state index in [1.54, 1.807) is 0 Å². The van der Waals surface area contributed by atoms with Gasteiger partial charge in [0.1, 0.15) is 0 Å². The van der Waals surface area contributed by atoms with Gasteiger partial charge in [-0.3, -0.25) is 0 Å². The third-order valence-corrected chi connectivity index (χ3v) is 4.29. The maximum atomic E-state index is 10.8. The molecule has 0 radical (unpaired) electrons. The Morgan fingerprint density at radius 2 is 1.87 bits per heavy atom. The van der Waals surface area contributed by atoms with Gasteiger partial charge >= 0.3 is 0 Å². The summed E-state index contributed by atoms with van der Waals surface area (Å²) in [6.45, 7) is 0. The van der Waals surface area contributed by atoms with E-state index in [0.29, 0.717) is 5.92 Å². The molecule has 1 N–H and O–H groups in total. The highest BCUT2D eigenvalue weighted by Gasteiger charge is 2.43. The molecule has 0 amide bonds. The van der Waals surface area contributed by atoms with Crippen molar-refractivity contribution in [1.29, 1.82) is 0 Å². The van der Waals surface area contributed by atoms with Crippen LogP contribution < -0.4 is 0 Å². The van der Waals surface area contributed by atoms with Crippen LogP contribution in [0.1, 0.15) is 43.2 Å². The third-order valence-electron chi connectivity index (χ3n) is 4.29. The van der Waals surface area contributed by atoms with E-state index in [-0.39, 0.29) is 0 Å². The van der Waals surface area contributed by atoms with Crippen LogP contribution in [0.5, 0.6) is 0 Å². The van der Waals surface area contributed by atoms with E-state index in [1.807, 2.05) is 0 Å². The maximum absolute atomic E-state index is 10.8. The van der Waals surface area contributed by atoms with Gasteiger partial charge in [0.15, 0.2) is 0 Å². The SMILES string of the molecule is OC1(C2CCCC2)CCc2ccccc21. The van der Waals surface area contributed by atoms with E-state index in [1.165, 1.54) is 36.8 Å². The van der Waals surface area contributed by atoms with Crippen LogP contribution in [0.2, 0.25) is 0 Å². The number of aryl methyl sites for hydroxylation is 1. The van der Waals surface area contributed by atoms with Gasteiger partial charge in [0.25, 0.3) is 0 Å². The molecule has 0 saturated heterocycles. The van der Waals surface area contributed by atoms with Gasteiger partial charge in [-0.15, -0.1) is 0 Å². The largest absolute Gasteiger partial charge is 0.385 e. The van der Waals surface area contributed by atoms with Crippen molar-refractivity contribution in [3.8, 4) is 0 Å². The summed E-state index contributed by atoms with van der Waals surface area (Å²) in [6.07, 6.45) is 7.03. The van der Waals surface area contributed by atoms with Gasteiger partial charge in [-0.05, 0) is 42.7 Å². The lowest BCUT2D eigenvalue weighted by atomic mass is 9.81. The van der Waals surface area contributed by atoms with Crippen molar-refractivity contribution < 1.29 is 5.11 Å². The molecule has 1 aromatic rings. The molecule has 0 heterocycles. The number of benzene rings is 1. The first-order chi connectivity index (χ1) is 7.31. The molecule has 2 aliphatic carbocycles. The van der Waals surface area contributed by atoms with Gasteiger partial charge in [-0.2, -0.15) is 0 Å². The van der Waals surface area contributed by atoms with E-state index >= 15 is 0 Å². The van der Waals surface area contributed by atoms with Gasteiger partial charge in [-0.25, -0.2) is 0 Å². The molecule has 80 valence electrons. The molecule has 2 aliphatic rings. The highest BCUT2D eigenvalue weighted by atomic mass is 16.3. The van der Waals surface area contributed by atoms with Gasteiger partial charge in [0.2, 0.25) is 0 Å². The van der Waals surface area contributed by atoms with Crippen molar-refractivity contribution in [2.75, 3.05) is 0 Å². The molecule has 0 aromatic heterocycles. The van der Waals surface area contributed by atoms with Crippen molar-refractivity contribution in [3.63, 3.8) is 0 Å². The average Bonchev–Trinajstić information content (AvgIpc) is 2.88. The topological polar surface area (TPSA) is 20.2 Å². The molecule has 1 unspecified atom stereocenters. The number of hydrogen-bond donors (Lipinski definition) is 1. The molecule has 1 saturated carbocycles. The molecule has 0 bridgehead atoms. The highest BCUT2D eigenvalue weighted by molar-refractivity contribution is 5.37. The fraction of sp³-hybridized carbons (Fsp3) is 0.571. The van der Waals surface area contributed by atoms with Crippen molar-refractivity contribution in [1.82, 2.24) is 0 Å². The summed E-state index contributed by atoms with van der Waals surface area (Å²) in [5.41, 5.74) is 2.09. The first-order valence-electron chi connectivity index (χ1n) is 6.11. The molecule has 1 nitrogen and oxygen atoms in total. The summed E-state index contributed by atoms with van der Waals surface area (Å²) < 4.78 is 0. The van der Waals surface area contributed by atoms with E-state index in [2.05, 4.69) is 24.3 Å². The van der Waals surface area contributed by atoms with Crippen molar-refractivity contribution in [3.05, 3.63) is 35.4 Å². The van der Waals surface area contributed by atoms with Crippen LogP contribution in [0.3, 0.4) is 0 Å². The van der Waals surface area contributed by atoms with Crippen LogP contribution in [0.15, 0.2) is 24.3 Å². The van der Waals surface area contributed by atoms with Crippen LogP contribution in [-0.2, 0) is 12.0 Å². The summed E-state index contributed by atoms with van der Waals surface area (Å²) in [4.78, 5) is 0. The number of hydrogen-bond acceptors (Lipinski definition) is 1. The third kappa shape index (κ3) is 1.33. The summed E-state index contributed by atoms with van der Waals surface area (Å²) in [7, 11) is 0. The molecule has 1 aromatic carbocycles. The van der Waals surface area contributed by atoms with Gasteiger partial charge in [0, 0.05) is 0 Å². The Labute approximate surface area is 91.1 Å². The molecule has 15 heavy (non-hydrogen) atoms. The normalized spacial score (nSPS) is 30.7. The smallest absolute Gasteiger partial charge is 0.0930 e. The monoisotopic (exact) mass is 202 g/mol. The van der Waals surface area contributed by atoms with Crippen molar-refractivity contribution >= 4 is 0 Å². The molecule has 3 rings (SSSR count). The second kappa shape index (κ2) is 3.34. The summed E-state index contributed by atoms with van der Waals surface area (Å²) in [6, 6.07) is 8.44. The Balaban J connectivity index is 2.00. The average molecular weight is 202 g/mol. The summed E-state index contributed by atoms with van der Waals surface area (Å²) in [5, 5.41) is 10.8. The molecular weight excluding hydrogens is 184 g/mol. The Hall–Kier alpha value is -0.820. The van der Waals surface area contributed by atoms with E-state index in [0.717, 1.165) is 12.8 Å². The number of rotatable bonds is 1. The fourth-order valence-corrected chi connectivity index (χ4v) is 3.45. The van der Waals surface area contributed by atoms with Crippen molar-refractivity contribution in [2.45, 2.75) is 44.1 Å². The predicted molar refractivity (Wildman–Crippen MR) is 60.6 cm³/mol. The van der Waals surface area contributed by atoms with Crippen molar-refractivity contribution in [2.24, 2.45) is 5.92 Å². The molecule has 0 spiro atoms. The molecule has 1 heteroatoms. The molecular formula is C14H18O. The predicted octanol–water partition coefficient (Wildman–Crippen LogP) is 3.01. The Morgan fingerprint density at radius 3 is 2.67 bits per heavy atom. The first kappa shape index (κ1) is 9.41. The lowest BCUT2D eigenvalue weighted by Gasteiger charge is -2.30. The van der Waals surface area contributed by atoms with Crippen LogP contribution >= 0.6 is 0 Å². The minimum Gasteiger partial charge on any atom is -0.385 e. The minimum absolute atomic E-state index is 0.493. The second-order valence-electron chi connectivity index (χ2n) is 5.06. The standard InChI is InChI=1S/C14H18O/c15-14(12-6-2-3-7-12)10-9-11-5-1-4-8-13(11)14/h1,4-5,8,12,15H,2-3,6-7,9-10H2. The second-order valence-corrected chi connectivity index (χ2v) is 5.06. The number of aliphatic hydroxyl groups is 1. The molecule has 1 atom stereocenters. The minimum atomic E-state index is -0.493. The van der Waals surface area contributed by atoms with E-state index < -0.39 is 5.60 Å². The van der Waals surface area contributed by atoms with Gasteiger partial charge < -0.3 is 5.11 Å². The van der Waals surface area contributed by atoms with Crippen LogP contribution in [0.4, 0.5) is 0 Å².